The van der Waals surface area contributed by atoms with E-state index in [-0.39, 0.29) is 6.42 Å². The van der Waals surface area contributed by atoms with Crippen LogP contribution >= 0.6 is 12.6 Å². The molecule has 0 unspecified atom stereocenters. The smallest absolute Gasteiger partial charge is 0.303 e. The number of hydrogen-bond acceptors (Lipinski definition) is 5. The number of nitrogens with zero attached hydrogens (tertiary/aromatic N) is 4. The first-order valence-corrected chi connectivity index (χ1v) is 4.82. The van der Waals surface area contributed by atoms with Crippen molar-refractivity contribution in [3.8, 4) is 0 Å². The monoisotopic (exact) mass is 216 g/mol. The van der Waals surface area contributed by atoms with Gasteiger partial charge in [-0.15, -0.1) is 17.7 Å². The number of aliphatic carboxylic acids is 1. The van der Waals surface area contributed by atoms with Gasteiger partial charge in [0.25, 0.3) is 0 Å². The summed E-state index contributed by atoms with van der Waals surface area (Å²) in [5.74, 6) is -0.748. The lowest BCUT2D eigenvalue weighted by Gasteiger charge is -1.99. The number of thiol groups is 1. The summed E-state index contributed by atoms with van der Waals surface area (Å²) in [5, 5.41) is 19.6. The van der Waals surface area contributed by atoms with Gasteiger partial charge in [-0.1, -0.05) is 6.42 Å². The number of hydrogen-bond donors (Lipinski definition) is 2. The van der Waals surface area contributed by atoms with Gasteiger partial charge in [-0.3, -0.25) is 4.79 Å². The molecule has 0 fully saturated rings. The van der Waals surface area contributed by atoms with Crippen molar-refractivity contribution in [1.82, 2.24) is 20.2 Å². The minimum atomic E-state index is -0.748. The van der Waals surface area contributed by atoms with Crippen LogP contribution in [-0.2, 0) is 11.3 Å². The van der Waals surface area contributed by atoms with Crippen molar-refractivity contribution in [2.24, 2.45) is 0 Å². The molecule has 1 aromatic heterocycles. The predicted octanol–water partition coefficient (Wildman–Crippen LogP) is 0.607. The molecular formula is C7H12N4O2S. The third-order valence-corrected chi connectivity index (χ3v) is 2.09. The first-order chi connectivity index (χ1) is 6.70. The molecule has 0 aliphatic carbocycles. The molecule has 6 nitrogen and oxygen atoms in total. The van der Waals surface area contributed by atoms with Crippen molar-refractivity contribution >= 4 is 18.6 Å². The van der Waals surface area contributed by atoms with Crippen LogP contribution in [0.2, 0.25) is 0 Å². The molecule has 0 saturated carbocycles. The molecule has 0 aromatic carbocycles. The van der Waals surface area contributed by atoms with E-state index in [2.05, 4.69) is 28.2 Å². The van der Waals surface area contributed by atoms with Gasteiger partial charge in [-0.05, 0) is 23.3 Å². The van der Waals surface area contributed by atoms with Gasteiger partial charge in [0.05, 0.1) is 0 Å². The van der Waals surface area contributed by atoms with Gasteiger partial charge in [-0.25, -0.2) is 4.68 Å². The van der Waals surface area contributed by atoms with Gasteiger partial charge in [0.1, 0.15) is 0 Å². The van der Waals surface area contributed by atoms with Crippen molar-refractivity contribution < 1.29 is 9.90 Å². The highest BCUT2D eigenvalue weighted by Crippen LogP contribution is 2.04. The normalized spacial score (nSPS) is 10.4. The SMILES string of the molecule is O=C(O)CCCCCn1nnnc1S. The van der Waals surface area contributed by atoms with Gasteiger partial charge in [0.15, 0.2) is 0 Å². The maximum absolute atomic E-state index is 10.2. The summed E-state index contributed by atoms with van der Waals surface area (Å²) in [6.45, 7) is 0.686. The lowest BCUT2D eigenvalue weighted by Crippen LogP contribution is -2.02. The largest absolute Gasteiger partial charge is 0.481 e. The summed E-state index contributed by atoms with van der Waals surface area (Å²) in [4.78, 5) is 10.2. The summed E-state index contributed by atoms with van der Waals surface area (Å²) < 4.78 is 1.59. The zero-order valence-electron chi connectivity index (χ0n) is 7.63. The minimum Gasteiger partial charge on any atom is -0.481 e. The molecule has 1 heterocycles. The van der Waals surface area contributed by atoms with Gasteiger partial charge >= 0.3 is 5.97 Å². The number of aryl methyl sites for hydroxylation is 1. The van der Waals surface area contributed by atoms with Crippen molar-refractivity contribution in [2.45, 2.75) is 37.4 Å². The van der Waals surface area contributed by atoms with Crippen LogP contribution < -0.4 is 0 Å². The molecule has 7 heteroatoms. The lowest BCUT2D eigenvalue weighted by atomic mass is 10.2. The zero-order chi connectivity index (χ0) is 10.4. The van der Waals surface area contributed by atoms with Crippen LogP contribution in [0.25, 0.3) is 0 Å². The average Bonchev–Trinajstić information content (AvgIpc) is 2.51. The van der Waals surface area contributed by atoms with E-state index in [4.69, 9.17) is 5.11 Å². The number of tetrazole rings is 1. The summed E-state index contributed by atoms with van der Waals surface area (Å²) in [6, 6.07) is 0. The van der Waals surface area contributed by atoms with Gasteiger partial charge in [-0.2, -0.15) is 0 Å². The molecule has 0 bridgehead atoms. The molecule has 1 aromatic rings. The second kappa shape index (κ2) is 5.58. The summed E-state index contributed by atoms with van der Waals surface area (Å²) in [7, 11) is 0. The molecule has 14 heavy (non-hydrogen) atoms. The fourth-order valence-corrected chi connectivity index (χ4v) is 1.24. The van der Waals surface area contributed by atoms with E-state index in [1.807, 2.05) is 0 Å². The number of rotatable bonds is 6. The van der Waals surface area contributed by atoms with Gasteiger partial charge in [0.2, 0.25) is 5.16 Å². The van der Waals surface area contributed by atoms with Crippen LogP contribution in [0.4, 0.5) is 0 Å². The zero-order valence-corrected chi connectivity index (χ0v) is 8.52. The van der Waals surface area contributed by atoms with E-state index in [9.17, 15) is 4.79 Å². The third kappa shape index (κ3) is 3.73. The molecule has 0 aliphatic rings. The first kappa shape index (κ1) is 11.0. The number of carbonyl (C=O) groups is 1. The highest BCUT2D eigenvalue weighted by Gasteiger charge is 2.00. The van der Waals surface area contributed by atoms with Crippen LogP contribution in [0, 0.1) is 0 Å². The molecule has 0 radical (unpaired) electrons. The van der Waals surface area contributed by atoms with Crippen molar-refractivity contribution in [2.75, 3.05) is 0 Å². The van der Waals surface area contributed by atoms with Crippen LogP contribution in [0.1, 0.15) is 25.7 Å². The number of aromatic nitrogens is 4. The Bertz CT molecular complexity index is 302. The topological polar surface area (TPSA) is 80.9 Å². The van der Waals surface area contributed by atoms with E-state index in [1.165, 1.54) is 0 Å². The van der Waals surface area contributed by atoms with E-state index in [1.54, 1.807) is 4.68 Å². The van der Waals surface area contributed by atoms with E-state index < -0.39 is 5.97 Å². The van der Waals surface area contributed by atoms with Gasteiger partial charge in [0, 0.05) is 13.0 Å². The van der Waals surface area contributed by atoms with E-state index in [0.717, 1.165) is 12.8 Å². The summed E-state index contributed by atoms with van der Waals surface area (Å²) in [5.41, 5.74) is 0. The Morgan fingerprint density at radius 2 is 2.21 bits per heavy atom. The maximum atomic E-state index is 10.2. The summed E-state index contributed by atoms with van der Waals surface area (Å²) in [6.07, 6.45) is 2.65. The first-order valence-electron chi connectivity index (χ1n) is 4.37. The van der Waals surface area contributed by atoms with E-state index in [0.29, 0.717) is 18.1 Å². The molecule has 0 amide bonds. The quantitative estimate of drug-likeness (QED) is 0.538. The Balaban J connectivity index is 2.10. The maximum Gasteiger partial charge on any atom is 0.303 e. The molecular weight excluding hydrogens is 204 g/mol. The highest BCUT2D eigenvalue weighted by atomic mass is 32.1. The Labute approximate surface area is 86.7 Å². The fraction of sp³-hybridized carbons (Fsp3) is 0.714. The Morgan fingerprint density at radius 1 is 1.43 bits per heavy atom. The second-order valence-corrected chi connectivity index (χ2v) is 3.31. The number of carboxylic acid groups (broad SMARTS) is 1. The van der Waals surface area contributed by atoms with Crippen LogP contribution in [0.15, 0.2) is 5.16 Å². The van der Waals surface area contributed by atoms with E-state index >= 15 is 0 Å². The highest BCUT2D eigenvalue weighted by molar-refractivity contribution is 7.80. The van der Waals surface area contributed by atoms with Gasteiger partial charge < -0.3 is 5.11 Å². The van der Waals surface area contributed by atoms with Crippen LogP contribution in [0.3, 0.4) is 0 Å². The van der Waals surface area contributed by atoms with Crippen molar-refractivity contribution in [1.29, 1.82) is 0 Å². The average molecular weight is 216 g/mol. The van der Waals surface area contributed by atoms with Crippen LogP contribution in [0.5, 0.6) is 0 Å². The minimum absolute atomic E-state index is 0.226. The van der Waals surface area contributed by atoms with Crippen molar-refractivity contribution in [3.05, 3.63) is 0 Å². The predicted molar refractivity (Wildman–Crippen MR) is 51.2 cm³/mol. The second-order valence-electron chi connectivity index (χ2n) is 2.91. The third-order valence-electron chi connectivity index (χ3n) is 1.77. The Morgan fingerprint density at radius 3 is 2.79 bits per heavy atom. The Hall–Kier alpha value is -1.11. The molecule has 0 saturated heterocycles. The van der Waals surface area contributed by atoms with Crippen LogP contribution in [-0.4, -0.2) is 31.3 Å². The number of unbranched alkanes of at least 4 members (excludes halogenated alkanes) is 2. The fourth-order valence-electron chi connectivity index (χ4n) is 1.06. The molecule has 1 rings (SSSR count). The Kier molecular flexibility index (Phi) is 4.37. The number of carboxylic acids is 1. The standard InChI is InChI=1S/C7H12N4O2S/c12-6(13)4-2-1-3-5-11-7(14)8-9-10-11/h1-5H2,(H,12,13)(H,8,10,14). The molecule has 0 atom stereocenters. The summed E-state index contributed by atoms with van der Waals surface area (Å²) >= 11 is 4.04. The lowest BCUT2D eigenvalue weighted by molar-refractivity contribution is -0.137. The molecule has 78 valence electrons. The molecule has 0 aliphatic heterocycles. The van der Waals surface area contributed by atoms with Crippen molar-refractivity contribution in [3.63, 3.8) is 0 Å². The molecule has 0 spiro atoms. The molecule has 1 N–H and O–H groups in total.